The van der Waals surface area contributed by atoms with Gasteiger partial charge in [-0.15, -0.1) is 0 Å². The van der Waals surface area contributed by atoms with Crippen molar-refractivity contribution < 1.29 is 4.79 Å². The minimum absolute atomic E-state index is 0.165. The van der Waals surface area contributed by atoms with Crippen molar-refractivity contribution in [1.29, 1.82) is 0 Å². The monoisotopic (exact) mass is 212 g/mol. The second-order valence-corrected chi connectivity index (χ2v) is 4.22. The Kier molecular flexibility index (Phi) is 4.39. The predicted molar refractivity (Wildman–Crippen MR) is 61.1 cm³/mol. The Morgan fingerprint density at radius 2 is 1.85 bits per heavy atom. The molecule has 0 atom stereocenters. The molecule has 0 spiro atoms. The van der Waals surface area contributed by atoms with Crippen LogP contribution in [0.4, 0.5) is 0 Å². The van der Waals surface area contributed by atoms with Crippen LogP contribution < -0.4 is 0 Å². The molecule has 0 aromatic heterocycles. The second kappa shape index (κ2) is 5.35. The molecule has 70 valence electrons. The number of rotatable bonds is 3. The summed E-state index contributed by atoms with van der Waals surface area (Å²) in [4.78, 5) is 10.7. The Balaban J connectivity index is 2.54. The van der Waals surface area contributed by atoms with Crippen LogP contribution in [-0.2, 0) is 16.3 Å². The number of hydrogen-bond donors (Lipinski definition) is 1. The molecule has 0 unspecified atom stereocenters. The fourth-order valence-corrected chi connectivity index (χ4v) is 1.70. The first-order valence-corrected chi connectivity index (χ1v) is 5.66. The van der Waals surface area contributed by atoms with E-state index < -0.39 is 0 Å². The van der Waals surface area contributed by atoms with E-state index in [4.69, 9.17) is 0 Å². The van der Waals surface area contributed by atoms with E-state index in [1.807, 2.05) is 24.3 Å². The molecule has 3 heteroatoms. The number of hydrogen-bond acceptors (Lipinski definition) is 3. The zero-order valence-electron chi connectivity index (χ0n) is 7.49. The van der Waals surface area contributed by atoms with Crippen molar-refractivity contribution >= 4 is 29.5 Å². The van der Waals surface area contributed by atoms with Gasteiger partial charge >= 0.3 is 0 Å². The fraction of sp³-hybridized carbons (Fsp3) is 0.300. The van der Waals surface area contributed by atoms with Crippen molar-refractivity contribution in [2.75, 3.05) is 0 Å². The van der Waals surface area contributed by atoms with E-state index in [9.17, 15) is 4.79 Å². The van der Waals surface area contributed by atoms with E-state index in [0.717, 1.165) is 11.5 Å². The largest absolute Gasteiger partial charge is 0.288 e. The lowest BCUT2D eigenvalue weighted by Crippen LogP contribution is -1.86. The molecule has 0 fully saturated rings. The summed E-state index contributed by atoms with van der Waals surface area (Å²) in [7, 11) is 0. The lowest BCUT2D eigenvalue weighted by molar-refractivity contribution is -0.109. The minimum atomic E-state index is 0.165. The quantitative estimate of drug-likeness (QED) is 0.776. The summed E-state index contributed by atoms with van der Waals surface area (Å²) in [5.74, 6) is 1.53. The number of carbonyl (C=O) groups is 1. The van der Waals surface area contributed by atoms with Crippen LogP contribution in [0.15, 0.2) is 24.3 Å². The Hall–Kier alpha value is -0.410. The summed E-state index contributed by atoms with van der Waals surface area (Å²) in [6, 6.07) is 8.18. The second-order valence-electron chi connectivity index (χ2n) is 2.75. The molecule has 0 N–H and O–H groups in total. The number of benzene rings is 1. The molecule has 0 heterocycles. The summed E-state index contributed by atoms with van der Waals surface area (Å²) in [6.07, 6.45) is 0. The number of thioether (sulfide) groups is 1. The molecule has 1 aromatic rings. The van der Waals surface area contributed by atoms with Crippen LogP contribution in [0.3, 0.4) is 0 Å². The minimum Gasteiger partial charge on any atom is -0.288 e. The average molecular weight is 212 g/mol. The van der Waals surface area contributed by atoms with E-state index in [-0.39, 0.29) is 5.12 Å². The molecule has 0 saturated heterocycles. The first-order chi connectivity index (χ1) is 6.22. The standard InChI is InChI=1S/C10H12OS2/c1-8(11)13-7-10-4-2-9(6-12)3-5-10/h2-5,12H,6-7H2,1H3. The molecule has 1 aromatic carbocycles. The summed E-state index contributed by atoms with van der Waals surface area (Å²) in [6.45, 7) is 1.59. The third-order valence-electron chi connectivity index (χ3n) is 1.65. The van der Waals surface area contributed by atoms with Crippen LogP contribution in [-0.4, -0.2) is 5.12 Å². The highest BCUT2D eigenvalue weighted by atomic mass is 32.2. The molecule has 1 rings (SSSR count). The molecule has 0 aliphatic rings. The maximum atomic E-state index is 10.7. The normalized spacial score (nSPS) is 10.0. The maximum Gasteiger partial charge on any atom is 0.186 e. The third-order valence-corrected chi connectivity index (χ3v) is 2.90. The van der Waals surface area contributed by atoms with Crippen LogP contribution in [0.25, 0.3) is 0 Å². The van der Waals surface area contributed by atoms with Gasteiger partial charge in [-0.1, -0.05) is 36.0 Å². The SMILES string of the molecule is CC(=O)SCc1ccc(CS)cc1. The van der Waals surface area contributed by atoms with Gasteiger partial charge in [0.25, 0.3) is 0 Å². The van der Waals surface area contributed by atoms with Crippen molar-refractivity contribution in [3.63, 3.8) is 0 Å². The van der Waals surface area contributed by atoms with Gasteiger partial charge in [-0.25, -0.2) is 0 Å². The van der Waals surface area contributed by atoms with Crippen LogP contribution in [0.1, 0.15) is 18.1 Å². The fourth-order valence-electron chi connectivity index (χ4n) is 0.926. The predicted octanol–water partition coefficient (Wildman–Crippen LogP) is 2.90. The van der Waals surface area contributed by atoms with E-state index in [1.54, 1.807) is 6.92 Å². The van der Waals surface area contributed by atoms with Gasteiger partial charge in [0.05, 0.1) is 0 Å². The van der Waals surface area contributed by atoms with Gasteiger partial charge < -0.3 is 0 Å². The van der Waals surface area contributed by atoms with Crippen LogP contribution in [0.2, 0.25) is 0 Å². The van der Waals surface area contributed by atoms with Crippen molar-refractivity contribution in [3.8, 4) is 0 Å². The molecule has 0 radical (unpaired) electrons. The van der Waals surface area contributed by atoms with Crippen LogP contribution >= 0.6 is 24.4 Å². The molecule has 1 nitrogen and oxygen atoms in total. The molecule has 0 saturated carbocycles. The van der Waals surface area contributed by atoms with E-state index in [1.165, 1.54) is 22.9 Å². The third kappa shape index (κ3) is 3.87. The van der Waals surface area contributed by atoms with Gasteiger partial charge in [-0.3, -0.25) is 4.79 Å². The summed E-state index contributed by atoms with van der Waals surface area (Å²) in [5, 5.41) is 0.165. The Morgan fingerprint density at radius 1 is 1.31 bits per heavy atom. The van der Waals surface area contributed by atoms with Crippen molar-refractivity contribution in [2.45, 2.75) is 18.4 Å². The summed E-state index contributed by atoms with van der Waals surface area (Å²) < 4.78 is 0. The Bertz CT molecular complexity index is 279. The van der Waals surface area contributed by atoms with Crippen molar-refractivity contribution in [3.05, 3.63) is 35.4 Å². The van der Waals surface area contributed by atoms with Crippen molar-refractivity contribution in [1.82, 2.24) is 0 Å². The molecule has 0 aliphatic carbocycles. The molecular weight excluding hydrogens is 200 g/mol. The maximum absolute atomic E-state index is 10.7. The lowest BCUT2D eigenvalue weighted by atomic mass is 10.2. The van der Waals surface area contributed by atoms with Crippen molar-refractivity contribution in [2.24, 2.45) is 0 Å². The van der Waals surface area contributed by atoms with Gasteiger partial charge in [0.1, 0.15) is 0 Å². The summed E-state index contributed by atoms with van der Waals surface area (Å²) in [5.41, 5.74) is 2.39. The zero-order valence-corrected chi connectivity index (χ0v) is 9.20. The highest BCUT2D eigenvalue weighted by Crippen LogP contribution is 2.14. The van der Waals surface area contributed by atoms with Gasteiger partial charge in [0.15, 0.2) is 5.12 Å². The molecule has 0 bridgehead atoms. The number of thiol groups is 1. The topological polar surface area (TPSA) is 17.1 Å². The number of carbonyl (C=O) groups excluding carboxylic acids is 1. The van der Waals surface area contributed by atoms with E-state index in [2.05, 4.69) is 12.6 Å². The highest BCUT2D eigenvalue weighted by molar-refractivity contribution is 8.12. The zero-order chi connectivity index (χ0) is 9.68. The first kappa shape index (κ1) is 10.7. The average Bonchev–Trinajstić information content (AvgIpc) is 2.15. The molecule has 0 aliphatic heterocycles. The highest BCUT2D eigenvalue weighted by Gasteiger charge is 1.96. The van der Waals surface area contributed by atoms with Crippen LogP contribution in [0.5, 0.6) is 0 Å². The van der Waals surface area contributed by atoms with E-state index >= 15 is 0 Å². The van der Waals surface area contributed by atoms with E-state index in [0.29, 0.717) is 0 Å². The lowest BCUT2D eigenvalue weighted by Gasteiger charge is -2.00. The smallest absolute Gasteiger partial charge is 0.186 e. The summed E-state index contributed by atoms with van der Waals surface area (Å²) >= 11 is 5.51. The Labute approximate surface area is 88.3 Å². The van der Waals surface area contributed by atoms with Gasteiger partial charge in [0, 0.05) is 18.4 Å². The van der Waals surface area contributed by atoms with Gasteiger partial charge in [-0.2, -0.15) is 12.6 Å². The van der Waals surface area contributed by atoms with Crippen LogP contribution in [0, 0.1) is 0 Å². The first-order valence-electron chi connectivity index (χ1n) is 4.04. The molecule has 13 heavy (non-hydrogen) atoms. The Morgan fingerprint density at radius 3 is 2.31 bits per heavy atom. The molecule has 0 amide bonds. The van der Waals surface area contributed by atoms with Gasteiger partial charge in [0.2, 0.25) is 0 Å². The van der Waals surface area contributed by atoms with Gasteiger partial charge in [-0.05, 0) is 11.1 Å². The molecular formula is C10H12OS2.